The van der Waals surface area contributed by atoms with Gasteiger partial charge < -0.3 is 10.1 Å². The number of fused-ring (bicyclic) bond motifs is 1. The summed E-state index contributed by atoms with van der Waals surface area (Å²) < 4.78 is 6.60. The fourth-order valence-electron chi connectivity index (χ4n) is 2.61. The number of ether oxygens (including phenoxy) is 1. The van der Waals surface area contributed by atoms with Crippen LogP contribution >= 0.6 is 15.9 Å². The standard InChI is InChI=1S/C17H16BrNO2/c1-11-10-12(18)6-7-13(11)17(20)19-15-8-9-21-16-5-3-2-4-14(15)16/h2-7,10,15H,8-9H2,1H3,(H,19,20). The molecule has 0 aliphatic carbocycles. The minimum atomic E-state index is -0.0401. The molecule has 0 fully saturated rings. The fourth-order valence-corrected chi connectivity index (χ4v) is 3.09. The van der Waals surface area contributed by atoms with Crippen molar-refractivity contribution >= 4 is 21.8 Å². The Kier molecular flexibility index (Phi) is 3.97. The Morgan fingerprint density at radius 3 is 2.90 bits per heavy atom. The minimum Gasteiger partial charge on any atom is -0.493 e. The summed E-state index contributed by atoms with van der Waals surface area (Å²) in [6, 6.07) is 13.6. The summed E-state index contributed by atoms with van der Waals surface area (Å²) >= 11 is 3.42. The third-order valence-corrected chi connectivity index (χ3v) is 4.19. The number of hydrogen-bond acceptors (Lipinski definition) is 2. The molecule has 1 atom stereocenters. The number of aryl methyl sites for hydroxylation is 1. The molecule has 3 nitrogen and oxygen atoms in total. The average Bonchev–Trinajstić information content (AvgIpc) is 2.47. The topological polar surface area (TPSA) is 38.3 Å². The lowest BCUT2D eigenvalue weighted by atomic mass is 9.99. The van der Waals surface area contributed by atoms with E-state index in [9.17, 15) is 4.79 Å². The van der Waals surface area contributed by atoms with Crippen molar-refractivity contribution in [3.63, 3.8) is 0 Å². The van der Waals surface area contributed by atoms with Crippen LogP contribution in [0.4, 0.5) is 0 Å². The van der Waals surface area contributed by atoms with Gasteiger partial charge in [0, 0.05) is 22.0 Å². The number of halogens is 1. The molecule has 4 heteroatoms. The average molecular weight is 346 g/mol. The largest absolute Gasteiger partial charge is 0.493 e. The fraction of sp³-hybridized carbons (Fsp3) is 0.235. The lowest BCUT2D eigenvalue weighted by Crippen LogP contribution is -2.32. The SMILES string of the molecule is Cc1cc(Br)ccc1C(=O)NC1CCOc2ccccc21. The van der Waals surface area contributed by atoms with E-state index in [1.54, 1.807) is 0 Å². The van der Waals surface area contributed by atoms with E-state index in [4.69, 9.17) is 4.74 Å². The Morgan fingerprint density at radius 2 is 2.10 bits per heavy atom. The zero-order chi connectivity index (χ0) is 14.8. The molecule has 1 aliphatic rings. The molecule has 3 rings (SSSR count). The van der Waals surface area contributed by atoms with Crippen LogP contribution in [0.3, 0.4) is 0 Å². The van der Waals surface area contributed by atoms with Gasteiger partial charge in [0.05, 0.1) is 12.6 Å². The van der Waals surface area contributed by atoms with E-state index in [-0.39, 0.29) is 11.9 Å². The van der Waals surface area contributed by atoms with Crippen LogP contribution in [0.15, 0.2) is 46.9 Å². The lowest BCUT2D eigenvalue weighted by Gasteiger charge is -2.26. The lowest BCUT2D eigenvalue weighted by molar-refractivity contribution is 0.0924. The van der Waals surface area contributed by atoms with Crippen molar-refractivity contribution in [2.24, 2.45) is 0 Å². The van der Waals surface area contributed by atoms with E-state index in [0.717, 1.165) is 27.8 Å². The summed E-state index contributed by atoms with van der Waals surface area (Å²) in [6.45, 7) is 2.57. The molecule has 0 saturated heterocycles. The molecule has 0 spiro atoms. The predicted octanol–water partition coefficient (Wildman–Crippen LogP) is 4.01. The molecule has 1 N–H and O–H groups in total. The summed E-state index contributed by atoms with van der Waals surface area (Å²) in [5, 5.41) is 3.12. The van der Waals surface area contributed by atoms with Crippen molar-refractivity contribution in [1.29, 1.82) is 0 Å². The Balaban J connectivity index is 1.83. The molecule has 2 aromatic rings. The quantitative estimate of drug-likeness (QED) is 0.892. The van der Waals surface area contributed by atoms with E-state index in [0.29, 0.717) is 12.2 Å². The number of carbonyl (C=O) groups is 1. The van der Waals surface area contributed by atoms with Gasteiger partial charge in [-0.25, -0.2) is 0 Å². The first kappa shape index (κ1) is 14.1. The zero-order valence-electron chi connectivity index (χ0n) is 11.7. The Bertz CT molecular complexity index is 684. The van der Waals surface area contributed by atoms with E-state index in [1.165, 1.54) is 0 Å². The Labute approximate surface area is 132 Å². The van der Waals surface area contributed by atoms with Gasteiger partial charge in [0.2, 0.25) is 0 Å². The van der Waals surface area contributed by atoms with Gasteiger partial charge in [-0.2, -0.15) is 0 Å². The van der Waals surface area contributed by atoms with Crippen molar-refractivity contribution in [2.75, 3.05) is 6.61 Å². The summed E-state index contributed by atoms with van der Waals surface area (Å²) in [5.41, 5.74) is 2.72. The highest BCUT2D eigenvalue weighted by atomic mass is 79.9. The van der Waals surface area contributed by atoms with Gasteiger partial charge in [-0.3, -0.25) is 4.79 Å². The van der Waals surface area contributed by atoms with Crippen molar-refractivity contribution in [2.45, 2.75) is 19.4 Å². The molecule has 0 aromatic heterocycles. The van der Waals surface area contributed by atoms with Crippen molar-refractivity contribution < 1.29 is 9.53 Å². The first-order valence-corrected chi connectivity index (χ1v) is 7.73. The van der Waals surface area contributed by atoms with Crippen molar-refractivity contribution in [3.8, 4) is 5.75 Å². The third kappa shape index (κ3) is 2.95. The van der Waals surface area contributed by atoms with Crippen molar-refractivity contribution in [3.05, 3.63) is 63.6 Å². The van der Waals surface area contributed by atoms with Crippen molar-refractivity contribution in [1.82, 2.24) is 5.32 Å². The van der Waals surface area contributed by atoms with Crippen LogP contribution < -0.4 is 10.1 Å². The number of benzene rings is 2. The molecule has 2 aromatic carbocycles. The Hall–Kier alpha value is -1.81. The molecule has 108 valence electrons. The maximum Gasteiger partial charge on any atom is 0.252 e. The van der Waals surface area contributed by atoms with Crippen LogP contribution in [0.2, 0.25) is 0 Å². The number of rotatable bonds is 2. The molecule has 1 heterocycles. The maximum atomic E-state index is 12.5. The molecular formula is C17H16BrNO2. The number of amides is 1. The van der Waals surface area contributed by atoms with Gasteiger partial charge in [-0.05, 0) is 36.8 Å². The van der Waals surface area contributed by atoms with Gasteiger partial charge in [0.15, 0.2) is 0 Å². The van der Waals surface area contributed by atoms with Crippen LogP contribution in [-0.4, -0.2) is 12.5 Å². The summed E-state index contributed by atoms with van der Waals surface area (Å²) in [7, 11) is 0. The number of hydrogen-bond donors (Lipinski definition) is 1. The van der Waals surface area contributed by atoms with Crippen LogP contribution in [-0.2, 0) is 0 Å². The van der Waals surface area contributed by atoms with E-state index >= 15 is 0 Å². The highest BCUT2D eigenvalue weighted by Gasteiger charge is 2.23. The van der Waals surface area contributed by atoms with Crippen LogP contribution in [0, 0.1) is 6.92 Å². The second kappa shape index (κ2) is 5.90. The van der Waals surface area contributed by atoms with Gasteiger partial charge in [-0.15, -0.1) is 0 Å². The van der Waals surface area contributed by atoms with E-state index < -0.39 is 0 Å². The monoisotopic (exact) mass is 345 g/mol. The van der Waals surface area contributed by atoms with Crippen LogP contribution in [0.1, 0.15) is 33.9 Å². The minimum absolute atomic E-state index is 0.00509. The molecule has 1 unspecified atom stereocenters. The van der Waals surface area contributed by atoms with Crippen LogP contribution in [0.5, 0.6) is 5.75 Å². The second-order valence-electron chi connectivity index (χ2n) is 5.16. The number of para-hydroxylation sites is 1. The molecule has 0 radical (unpaired) electrons. The first-order valence-electron chi connectivity index (χ1n) is 6.94. The second-order valence-corrected chi connectivity index (χ2v) is 6.08. The van der Waals surface area contributed by atoms with E-state index in [2.05, 4.69) is 21.2 Å². The number of nitrogens with one attached hydrogen (secondary N) is 1. The normalized spacial score (nSPS) is 16.8. The summed E-state index contributed by atoms with van der Waals surface area (Å²) in [4.78, 5) is 12.5. The smallest absolute Gasteiger partial charge is 0.252 e. The predicted molar refractivity (Wildman–Crippen MR) is 85.6 cm³/mol. The van der Waals surface area contributed by atoms with Gasteiger partial charge in [0.1, 0.15) is 5.75 Å². The third-order valence-electron chi connectivity index (χ3n) is 3.70. The highest BCUT2D eigenvalue weighted by Crippen LogP contribution is 2.31. The molecular weight excluding hydrogens is 330 g/mol. The maximum absolute atomic E-state index is 12.5. The highest BCUT2D eigenvalue weighted by molar-refractivity contribution is 9.10. The zero-order valence-corrected chi connectivity index (χ0v) is 13.3. The summed E-state index contributed by atoms with van der Waals surface area (Å²) in [5.74, 6) is 0.822. The van der Waals surface area contributed by atoms with E-state index in [1.807, 2.05) is 49.4 Å². The molecule has 0 saturated carbocycles. The number of carbonyl (C=O) groups excluding carboxylic acids is 1. The van der Waals surface area contributed by atoms with Crippen LogP contribution in [0.25, 0.3) is 0 Å². The summed E-state index contributed by atoms with van der Waals surface area (Å²) in [6.07, 6.45) is 0.790. The van der Waals surface area contributed by atoms with Gasteiger partial charge in [-0.1, -0.05) is 34.1 Å². The van der Waals surface area contributed by atoms with Gasteiger partial charge in [0.25, 0.3) is 5.91 Å². The Morgan fingerprint density at radius 1 is 1.29 bits per heavy atom. The molecule has 21 heavy (non-hydrogen) atoms. The first-order chi connectivity index (χ1) is 10.1. The molecule has 1 amide bonds. The molecule has 1 aliphatic heterocycles. The van der Waals surface area contributed by atoms with Gasteiger partial charge >= 0.3 is 0 Å². The molecule has 0 bridgehead atoms.